The molecular formula is C18H23Cl2N7O. The second kappa shape index (κ2) is 9.68. The molecule has 0 aliphatic carbocycles. The number of nitrogens with one attached hydrogen (secondary N) is 2. The molecule has 1 aliphatic heterocycles. The number of hydrogen-bond acceptors (Lipinski definition) is 7. The maximum atomic E-state index is 10.4. The predicted octanol–water partition coefficient (Wildman–Crippen LogP) is 2.67. The maximum Gasteiger partial charge on any atom is 0.245 e. The van der Waals surface area contributed by atoms with E-state index in [1.807, 2.05) is 12.1 Å². The molecule has 1 aliphatic rings. The summed E-state index contributed by atoms with van der Waals surface area (Å²) in [7, 11) is 0. The Bertz CT molecular complexity index is 874. The highest BCUT2D eigenvalue weighted by Crippen LogP contribution is 2.32. The van der Waals surface area contributed by atoms with Gasteiger partial charge >= 0.3 is 0 Å². The Morgan fingerprint density at radius 1 is 1.21 bits per heavy atom. The average molecular weight is 424 g/mol. The van der Waals surface area contributed by atoms with Gasteiger partial charge in [0.25, 0.3) is 0 Å². The second-order valence-corrected chi connectivity index (χ2v) is 6.35. The van der Waals surface area contributed by atoms with E-state index in [4.69, 9.17) is 0 Å². The molecule has 0 spiro atoms. The zero-order chi connectivity index (χ0) is 17.9. The summed E-state index contributed by atoms with van der Waals surface area (Å²) in [6.07, 6.45) is 6.23. The first-order chi connectivity index (χ1) is 12.7. The van der Waals surface area contributed by atoms with Crippen molar-refractivity contribution in [3.8, 4) is 28.1 Å². The number of benzene rings is 1. The van der Waals surface area contributed by atoms with Crippen LogP contribution < -0.4 is 10.2 Å². The van der Waals surface area contributed by atoms with Crippen molar-refractivity contribution in [1.82, 2.24) is 30.7 Å². The van der Waals surface area contributed by atoms with Gasteiger partial charge in [0, 0.05) is 36.5 Å². The molecule has 3 heterocycles. The highest BCUT2D eigenvalue weighted by atomic mass is 35.5. The Morgan fingerprint density at radius 3 is 2.71 bits per heavy atom. The van der Waals surface area contributed by atoms with Gasteiger partial charge in [0.15, 0.2) is 0 Å². The van der Waals surface area contributed by atoms with Crippen LogP contribution in [0.3, 0.4) is 0 Å². The SMILES string of the molecule is CCNC1CCN(c2ncc(-c3ccc(-c4cn[nH]c4)cc3O)nn2)C1.Cl.Cl. The number of aromatic amines is 1. The molecule has 1 aromatic carbocycles. The lowest BCUT2D eigenvalue weighted by Gasteiger charge is -2.16. The third-order valence-electron chi connectivity index (χ3n) is 4.62. The number of aromatic hydroxyl groups is 1. The van der Waals surface area contributed by atoms with Gasteiger partial charge in [-0.3, -0.25) is 5.10 Å². The van der Waals surface area contributed by atoms with Crippen LogP contribution in [-0.2, 0) is 0 Å². The number of likely N-dealkylation sites (N-methyl/N-ethyl adjacent to an activating group) is 1. The number of nitrogens with zero attached hydrogens (tertiary/aromatic N) is 5. The van der Waals surface area contributed by atoms with E-state index >= 15 is 0 Å². The van der Waals surface area contributed by atoms with E-state index in [-0.39, 0.29) is 30.6 Å². The van der Waals surface area contributed by atoms with Gasteiger partial charge in [0.2, 0.25) is 5.95 Å². The van der Waals surface area contributed by atoms with Crippen LogP contribution >= 0.6 is 24.8 Å². The van der Waals surface area contributed by atoms with Gasteiger partial charge in [-0.2, -0.15) is 5.10 Å². The summed E-state index contributed by atoms with van der Waals surface area (Å²) in [4.78, 5) is 6.57. The summed E-state index contributed by atoms with van der Waals surface area (Å²) < 4.78 is 0. The first kappa shape index (κ1) is 21.9. The van der Waals surface area contributed by atoms with Crippen molar-refractivity contribution in [2.75, 3.05) is 24.5 Å². The van der Waals surface area contributed by atoms with Crippen molar-refractivity contribution < 1.29 is 5.11 Å². The molecule has 8 nitrogen and oxygen atoms in total. The number of H-pyrrole nitrogens is 1. The largest absolute Gasteiger partial charge is 0.507 e. The number of halogens is 2. The fraction of sp³-hybridized carbons (Fsp3) is 0.333. The molecule has 0 saturated carbocycles. The van der Waals surface area contributed by atoms with Crippen LogP contribution in [0.25, 0.3) is 22.4 Å². The minimum absolute atomic E-state index is 0. The highest BCUT2D eigenvalue weighted by Gasteiger charge is 2.24. The fourth-order valence-corrected chi connectivity index (χ4v) is 3.27. The van der Waals surface area contributed by atoms with Crippen molar-refractivity contribution in [2.45, 2.75) is 19.4 Å². The third kappa shape index (κ3) is 4.52. The standard InChI is InChI=1S/C18H21N7O.2ClH/c1-2-19-14-5-6-25(11-14)18-20-10-16(23-24-18)15-4-3-12(7-17(15)26)13-8-21-22-9-13;;/h3-4,7-10,14,19,26H,2,5-6,11H2,1H3,(H,21,22);2*1H. The van der Waals surface area contributed by atoms with E-state index in [0.29, 0.717) is 23.2 Å². The maximum absolute atomic E-state index is 10.4. The van der Waals surface area contributed by atoms with Crippen LogP contribution in [0.4, 0.5) is 5.95 Å². The summed E-state index contributed by atoms with van der Waals surface area (Å²) in [6.45, 7) is 4.88. The molecule has 0 radical (unpaired) electrons. The van der Waals surface area contributed by atoms with E-state index in [2.05, 4.69) is 42.5 Å². The van der Waals surface area contributed by atoms with Gasteiger partial charge < -0.3 is 15.3 Å². The molecule has 1 saturated heterocycles. The summed E-state index contributed by atoms with van der Waals surface area (Å²) in [5, 5.41) is 29.0. The average Bonchev–Trinajstić information content (AvgIpc) is 3.34. The number of phenols is 1. The molecule has 4 rings (SSSR count). The van der Waals surface area contributed by atoms with Gasteiger partial charge in [0.05, 0.1) is 12.4 Å². The van der Waals surface area contributed by atoms with Crippen molar-refractivity contribution in [3.05, 3.63) is 36.8 Å². The molecule has 1 fully saturated rings. The van der Waals surface area contributed by atoms with Crippen LogP contribution in [0.2, 0.25) is 0 Å². The third-order valence-corrected chi connectivity index (χ3v) is 4.62. The minimum Gasteiger partial charge on any atom is -0.507 e. The van der Waals surface area contributed by atoms with E-state index in [1.165, 1.54) is 0 Å². The number of rotatable bonds is 5. The Hall–Kier alpha value is -2.42. The molecule has 0 amide bonds. The second-order valence-electron chi connectivity index (χ2n) is 6.35. The fourth-order valence-electron chi connectivity index (χ4n) is 3.27. The first-order valence-electron chi connectivity index (χ1n) is 8.75. The monoisotopic (exact) mass is 423 g/mol. The number of hydrogen-bond donors (Lipinski definition) is 3. The van der Waals surface area contributed by atoms with Gasteiger partial charge in [-0.1, -0.05) is 13.0 Å². The molecular weight excluding hydrogens is 401 g/mol. The van der Waals surface area contributed by atoms with Crippen molar-refractivity contribution in [2.24, 2.45) is 0 Å². The summed E-state index contributed by atoms with van der Waals surface area (Å²) in [5.74, 6) is 0.768. The smallest absolute Gasteiger partial charge is 0.245 e. The van der Waals surface area contributed by atoms with Gasteiger partial charge in [0.1, 0.15) is 11.4 Å². The lowest BCUT2D eigenvalue weighted by molar-refractivity contribution is 0.477. The minimum atomic E-state index is 0. The van der Waals surface area contributed by atoms with Crippen LogP contribution in [0.1, 0.15) is 13.3 Å². The first-order valence-corrected chi connectivity index (χ1v) is 8.75. The van der Waals surface area contributed by atoms with Crippen molar-refractivity contribution in [1.29, 1.82) is 0 Å². The van der Waals surface area contributed by atoms with Crippen LogP contribution in [0.5, 0.6) is 5.75 Å². The molecule has 3 aromatic rings. The Morgan fingerprint density at radius 2 is 2.07 bits per heavy atom. The Labute approximate surface area is 175 Å². The van der Waals surface area contributed by atoms with Gasteiger partial charge in [-0.25, -0.2) is 4.98 Å². The predicted molar refractivity (Wildman–Crippen MR) is 113 cm³/mol. The quantitative estimate of drug-likeness (QED) is 0.579. The van der Waals surface area contributed by atoms with Crippen molar-refractivity contribution in [3.63, 3.8) is 0 Å². The Balaban J connectivity index is 0.00000140. The van der Waals surface area contributed by atoms with Crippen LogP contribution in [0.15, 0.2) is 36.8 Å². The lowest BCUT2D eigenvalue weighted by Crippen LogP contribution is -2.32. The number of aromatic nitrogens is 5. The number of anilines is 1. The summed E-state index contributed by atoms with van der Waals surface area (Å²) >= 11 is 0. The van der Waals surface area contributed by atoms with E-state index in [1.54, 1.807) is 24.7 Å². The van der Waals surface area contributed by atoms with E-state index in [0.717, 1.165) is 37.2 Å². The van der Waals surface area contributed by atoms with Gasteiger partial charge in [-0.15, -0.1) is 35.0 Å². The molecule has 1 atom stereocenters. The van der Waals surface area contributed by atoms with E-state index < -0.39 is 0 Å². The Kier molecular flexibility index (Phi) is 7.56. The summed E-state index contributed by atoms with van der Waals surface area (Å²) in [5.41, 5.74) is 2.95. The highest BCUT2D eigenvalue weighted by molar-refractivity contribution is 5.85. The lowest BCUT2D eigenvalue weighted by atomic mass is 10.0. The molecule has 28 heavy (non-hydrogen) atoms. The van der Waals surface area contributed by atoms with Crippen LogP contribution in [-0.4, -0.2) is 56.2 Å². The zero-order valence-corrected chi connectivity index (χ0v) is 17.0. The molecule has 3 N–H and O–H groups in total. The molecule has 10 heteroatoms. The normalized spacial score (nSPS) is 15.8. The molecule has 1 unspecified atom stereocenters. The molecule has 150 valence electrons. The van der Waals surface area contributed by atoms with Crippen LogP contribution in [0, 0.1) is 0 Å². The molecule has 2 aromatic heterocycles. The zero-order valence-electron chi connectivity index (χ0n) is 15.4. The topological polar surface area (TPSA) is 103 Å². The summed E-state index contributed by atoms with van der Waals surface area (Å²) in [6, 6.07) is 5.90. The number of phenolic OH excluding ortho intramolecular Hbond substituents is 1. The van der Waals surface area contributed by atoms with Crippen molar-refractivity contribution >= 4 is 30.8 Å². The molecule has 0 bridgehead atoms. The van der Waals surface area contributed by atoms with E-state index in [9.17, 15) is 5.11 Å². The van der Waals surface area contributed by atoms with Gasteiger partial charge in [-0.05, 0) is 30.7 Å².